The SMILES string of the molecule is CN(C)C(=O)c1nn([C@H]2C[C@H](O)C2)cc1CN. The first-order chi connectivity index (χ1) is 8.02. The lowest BCUT2D eigenvalue weighted by Crippen LogP contribution is -2.31. The molecule has 6 heteroatoms. The number of aromatic nitrogens is 2. The third kappa shape index (κ3) is 2.18. The van der Waals surface area contributed by atoms with Crippen molar-refractivity contribution in [3.63, 3.8) is 0 Å². The van der Waals surface area contributed by atoms with E-state index in [1.54, 1.807) is 18.8 Å². The molecule has 1 saturated carbocycles. The highest BCUT2D eigenvalue weighted by Gasteiger charge is 2.30. The van der Waals surface area contributed by atoms with E-state index in [4.69, 9.17) is 5.73 Å². The zero-order valence-electron chi connectivity index (χ0n) is 10.1. The average Bonchev–Trinajstić information content (AvgIpc) is 2.66. The second kappa shape index (κ2) is 4.46. The maximum absolute atomic E-state index is 11.9. The summed E-state index contributed by atoms with van der Waals surface area (Å²) in [4.78, 5) is 13.4. The zero-order valence-corrected chi connectivity index (χ0v) is 10.1. The maximum atomic E-state index is 11.9. The van der Waals surface area contributed by atoms with Crippen molar-refractivity contribution in [3.05, 3.63) is 17.5 Å². The molecule has 1 aromatic heterocycles. The quantitative estimate of drug-likeness (QED) is 0.760. The van der Waals surface area contributed by atoms with Crippen LogP contribution >= 0.6 is 0 Å². The predicted octanol–water partition coefficient (Wildman–Crippen LogP) is -0.261. The lowest BCUT2D eigenvalue weighted by Gasteiger charge is -2.31. The average molecular weight is 238 g/mol. The topological polar surface area (TPSA) is 84.4 Å². The van der Waals surface area contributed by atoms with E-state index in [2.05, 4.69) is 5.10 Å². The highest BCUT2D eigenvalue weighted by molar-refractivity contribution is 5.93. The molecule has 0 unspecified atom stereocenters. The van der Waals surface area contributed by atoms with Gasteiger partial charge in [-0.2, -0.15) is 5.10 Å². The molecule has 0 aliphatic heterocycles. The minimum atomic E-state index is -0.237. The second-order valence-electron chi connectivity index (χ2n) is 4.67. The van der Waals surface area contributed by atoms with Gasteiger partial charge in [0.15, 0.2) is 5.69 Å². The van der Waals surface area contributed by atoms with E-state index in [9.17, 15) is 9.90 Å². The summed E-state index contributed by atoms with van der Waals surface area (Å²) in [5, 5.41) is 13.6. The third-order valence-corrected chi connectivity index (χ3v) is 3.10. The Balaban J connectivity index is 2.24. The van der Waals surface area contributed by atoms with Crippen molar-refractivity contribution in [1.82, 2.24) is 14.7 Å². The monoisotopic (exact) mass is 238 g/mol. The first-order valence-corrected chi connectivity index (χ1v) is 5.70. The Bertz CT molecular complexity index is 421. The molecule has 6 nitrogen and oxygen atoms in total. The molecule has 0 saturated heterocycles. The smallest absolute Gasteiger partial charge is 0.274 e. The summed E-state index contributed by atoms with van der Waals surface area (Å²) >= 11 is 0. The number of hydrogen-bond acceptors (Lipinski definition) is 4. The normalized spacial score (nSPS) is 23.3. The molecule has 0 bridgehead atoms. The van der Waals surface area contributed by atoms with Crippen LogP contribution in [-0.2, 0) is 6.54 Å². The number of aliphatic hydroxyl groups is 1. The summed E-state index contributed by atoms with van der Waals surface area (Å²) in [5.74, 6) is -0.135. The number of nitrogens with two attached hydrogens (primary N) is 1. The molecule has 0 spiro atoms. The van der Waals surface area contributed by atoms with Crippen LogP contribution in [-0.4, -0.2) is 45.9 Å². The molecular formula is C11H18N4O2. The molecule has 1 fully saturated rings. The van der Waals surface area contributed by atoms with E-state index in [-0.39, 0.29) is 18.1 Å². The molecule has 0 atom stereocenters. The number of carbonyl (C=O) groups excluding carboxylic acids is 1. The van der Waals surface area contributed by atoms with E-state index in [1.807, 2.05) is 6.20 Å². The molecule has 17 heavy (non-hydrogen) atoms. The van der Waals surface area contributed by atoms with E-state index < -0.39 is 0 Å². The Morgan fingerprint density at radius 2 is 2.29 bits per heavy atom. The standard InChI is InChI=1S/C11H18N4O2/c1-14(2)11(17)10-7(5-12)6-15(13-10)8-3-9(16)4-8/h6,8-9,16H,3-5,12H2,1-2H3/t8-,9-. The number of hydrogen-bond donors (Lipinski definition) is 2. The summed E-state index contributed by atoms with van der Waals surface area (Å²) in [6.07, 6.45) is 2.97. The van der Waals surface area contributed by atoms with Crippen LogP contribution in [0.2, 0.25) is 0 Å². The lowest BCUT2D eigenvalue weighted by atomic mass is 9.90. The largest absolute Gasteiger partial charge is 0.393 e. The Morgan fingerprint density at radius 1 is 1.65 bits per heavy atom. The van der Waals surface area contributed by atoms with E-state index in [0.717, 1.165) is 5.56 Å². The molecule has 1 heterocycles. The lowest BCUT2D eigenvalue weighted by molar-refractivity contribution is 0.0431. The van der Waals surface area contributed by atoms with Gasteiger partial charge in [-0.05, 0) is 12.8 Å². The van der Waals surface area contributed by atoms with Gasteiger partial charge in [-0.25, -0.2) is 0 Å². The summed E-state index contributed by atoms with van der Waals surface area (Å²) in [6, 6.07) is 0.194. The molecule has 1 aromatic rings. The van der Waals surface area contributed by atoms with Crippen molar-refractivity contribution in [3.8, 4) is 0 Å². The van der Waals surface area contributed by atoms with Crippen LogP contribution in [0.3, 0.4) is 0 Å². The first-order valence-electron chi connectivity index (χ1n) is 5.70. The summed E-state index contributed by atoms with van der Waals surface area (Å²) in [7, 11) is 3.38. The van der Waals surface area contributed by atoms with Crippen molar-refractivity contribution in [2.75, 3.05) is 14.1 Å². The summed E-state index contributed by atoms with van der Waals surface area (Å²) < 4.78 is 1.76. The van der Waals surface area contributed by atoms with Crippen LogP contribution in [0.1, 0.15) is 34.9 Å². The molecular weight excluding hydrogens is 220 g/mol. The van der Waals surface area contributed by atoms with Gasteiger partial charge in [-0.3, -0.25) is 9.48 Å². The Morgan fingerprint density at radius 3 is 2.76 bits per heavy atom. The summed E-state index contributed by atoms with van der Waals surface area (Å²) in [6.45, 7) is 0.296. The van der Waals surface area contributed by atoms with Crippen LogP contribution in [0.25, 0.3) is 0 Å². The number of aliphatic hydroxyl groups excluding tert-OH is 1. The molecule has 94 valence electrons. The van der Waals surface area contributed by atoms with E-state index in [0.29, 0.717) is 25.1 Å². The zero-order chi connectivity index (χ0) is 12.6. The Kier molecular flexibility index (Phi) is 3.17. The van der Waals surface area contributed by atoms with Gasteiger partial charge in [0.1, 0.15) is 0 Å². The Labute approximate surface area is 100 Å². The van der Waals surface area contributed by atoms with Crippen molar-refractivity contribution < 1.29 is 9.90 Å². The van der Waals surface area contributed by atoms with Gasteiger partial charge < -0.3 is 15.7 Å². The second-order valence-corrected chi connectivity index (χ2v) is 4.67. The molecule has 1 amide bonds. The van der Waals surface area contributed by atoms with E-state index >= 15 is 0 Å². The summed E-state index contributed by atoms with van der Waals surface area (Å²) in [5.41, 5.74) is 6.79. The van der Waals surface area contributed by atoms with Crippen molar-refractivity contribution in [2.45, 2.75) is 31.5 Å². The molecule has 0 aromatic carbocycles. The fraction of sp³-hybridized carbons (Fsp3) is 0.636. The van der Waals surface area contributed by atoms with Crippen LogP contribution in [0.15, 0.2) is 6.20 Å². The molecule has 3 N–H and O–H groups in total. The van der Waals surface area contributed by atoms with Crippen LogP contribution < -0.4 is 5.73 Å². The van der Waals surface area contributed by atoms with Gasteiger partial charge in [-0.1, -0.05) is 0 Å². The molecule has 1 aliphatic carbocycles. The van der Waals surface area contributed by atoms with Crippen LogP contribution in [0.5, 0.6) is 0 Å². The number of nitrogens with zero attached hydrogens (tertiary/aromatic N) is 3. The molecule has 0 radical (unpaired) electrons. The fourth-order valence-corrected chi connectivity index (χ4v) is 1.93. The van der Waals surface area contributed by atoms with Gasteiger partial charge in [0, 0.05) is 32.4 Å². The Hall–Kier alpha value is -1.40. The first kappa shape index (κ1) is 12.1. The number of rotatable bonds is 3. The van der Waals surface area contributed by atoms with Crippen molar-refractivity contribution in [1.29, 1.82) is 0 Å². The van der Waals surface area contributed by atoms with Crippen LogP contribution in [0, 0.1) is 0 Å². The number of carbonyl (C=O) groups is 1. The van der Waals surface area contributed by atoms with Gasteiger partial charge >= 0.3 is 0 Å². The number of amides is 1. The van der Waals surface area contributed by atoms with Crippen molar-refractivity contribution in [2.24, 2.45) is 5.73 Å². The van der Waals surface area contributed by atoms with Gasteiger partial charge in [0.2, 0.25) is 0 Å². The highest BCUT2D eigenvalue weighted by Crippen LogP contribution is 2.32. The maximum Gasteiger partial charge on any atom is 0.274 e. The van der Waals surface area contributed by atoms with Gasteiger partial charge in [0.05, 0.1) is 12.1 Å². The van der Waals surface area contributed by atoms with E-state index in [1.165, 1.54) is 4.90 Å². The van der Waals surface area contributed by atoms with Crippen molar-refractivity contribution >= 4 is 5.91 Å². The minimum Gasteiger partial charge on any atom is -0.393 e. The third-order valence-electron chi connectivity index (χ3n) is 3.10. The van der Waals surface area contributed by atoms with Gasteiger partial charge in [-0.15, -0.1) is 0 Å². The molecule has 2 rings (SSSR count). The fourth-order valence-electron chi connectivity index (χ4n) is 1.93. The molecule has 1 aliphatic rings. The highest BCUT2D eigenvalue weighted by atomic mass is 16.3. The minimum absolute atomic E-state index is 0.135. The van der Waals surface area contributed by atoms with Gasteiger partial charge in [0.25, 0.3) is 5.91 Å². The van der Waals surface area contributed by atoms with Crippen LogP contribution in [0.4, 0.5) is 0 Å². The predicted molar refractivity (Wildman–Crippen MR) is 62.4 cm³/mol.